The van der Waals surface area contributed by atoms with E-state index in [-0.39, 0.29) is 11.8 Å². The highest BCUT2D eigenvalue weighted by Crippen LogP contribution is 2.33. The molecule has 68 valence electrons. The predicted octanol–water partition coefficient (Wildman–Crippen LogP) is 2.81. The molecule has 3 atom stereocenters. The molecule has 0 aromatic heterocycles. The summed E-state index contributed by atoms with van der Waals surface area (Å²) in [5, 5.41) is 0. The molecule has 0 heterocycles. The Morgan fingerprint density at radius 1 is 1.42 bits per heavy atom. The average Bonchev–Trinajstić information content (AvgIpc) is 2.00. The molecular weight excluding hydrogens is 148 g/mol. The molecule has 0 N–H and O–H groups in total. The van der Waals surface area contributed by atoms with Gasteiger partial charge in [-0.1, -0.05) is 26.0 Å². The molecule has 0 radical (unpaired) electrons. The Hall–Kier alpha value is -0.590. The van der Waals surface area contributed by atoms with Crippen molar-refractivity contribution in [1.29, 1.82) is 0 Å². The fourth-order valence-electron chi connectivity index (χ4n) is 1.91. The number of carbonyl (C=O) groups excluding carboxylic acids is 1. The lowest BCUT2D eigenvalue weighted by Crippen LogP contribution is -2.32. The summed E-state index contributed by atoms with van der Waals surface area (Å²) in [6.07, 6.45) is 2.18. The number of ketones is 1. The number of hydrogen-bond donors (Lipinski definition) is 0. The molecule has 1 aliphatic rings. The summed E-state index contributed by atoms with van der Waals surface area (Å²) < 4.78 is 0. The van der Waals surface area contributed by atoms with Crippen molar-refractivity contribution in [3.63, 3.8) is 0 Å². The van der Waals surface area contributed by atoms with Crippen LogP contribution in [0, 0.1) is 17.8 Å². The maximum atomic E-state index is 11.7. The minimum Gasteiger partial charge on any atom is -0.299 e. The maximum absolute atomic E-state index is 11.7. The van der Waals surface area contributed by atoms with Crippen molar-refractivity contribution in [2.75, 3.05) is 0 Å². The molecule has 0 spiro atoms. The van der Waals surface area contributed by atoms with Gasteiger partial charge in [0.25, 0.3) is 0 Å². The van der Waals surface area contributed by atoms with E-state index >= 15 is 0 Å². The van der Waals surface area contributed by atoms with E-state index in [2.05, 4.69) is 13.5 Å². The number of rotatable bonds is 1. The van der Waals surface area contributed by atoms with Crippen molar-refractivity contribution in [2.45, 2.75) is 33.6 Å². The van der Waals surface area contributed by atoms with Gasteiger partial charge >= 0.3 is 0 Å². The van der Waals surface area contributed by atoms with Gasteiger partial charge in [-0.15, -0.1) is 0 Å². The first-order valence-electron chi connectivity index (χ1n) is 4.73. The van der Waals surface area contributed by atoms with Gasteiger partial charge in [-0.2, -0.15) is 0 Å². The minimum absolute atomic E-state index is 0.149. The van der Waals surface area contributed by atoms with E-state index in [1.165, 1.54) is 6.42 Å². The molecule has 0 amide bonds. The largest absolute Gasteiger partial charge is 0.299 e. The molecule has 0 saturated heterocycles. The quantitative estimate of drug-likeness (QED) is 0.547. The van der Waals surface area contributed by atoms with Crippen molar-refractivity contribution in [2.24, 2.45) is 17.8 Å². The lowest BCUT2D eigenvalue weighted by molar-refractivity contribution is -0.129. The molecule has 12 heavy (non-hydrogen) atoms. The number of hydrogen-bond acceptors (Lipinski definition) is 1. The van der Waals surface area contributed by atoms with Gasteiger partial charge in [0, 0.05) is 11.8 Å². The Balaban J connectivity index is 2.72. The molecule has 0 aliphatic heterocycles. The highest BCUT2D eigenvalue weighted by atomic mass is 16.1. The van der Waals surface area contributed by atoms with Crippen LogP contribution in [0.3, 0.4) is 0 Å². The van der Waals surface area contributed by atoms with Gasteiger partial charge in [-0.05, 0) is 25.7 Å². The topological polar surface area (TPSA) is 17.1 Å². The second-order valence-corrected chi connectivity index (χ2v) is 4.14. The summed E-state index contributed by atoms with van der Waals surface area (Å²) in [6.45, 7) is 10.0. The number of Topliss-reactive ketones (excluding diaryl/α,β-unsaturated/α-hetero) is 1. The zero-order chi connectivity index (χ0) is 9.30. The zero-order valence-corrected chi connectivity index (χ0v) is 8.26. The van der Waals surface area contributed by atoms with Gasteiger partial charge in [0.2, 0.25) is 0 Å². The SMILES string of the molecule is C=C(C)[C@@H]1CC[C@@H](C)C(C)C1=O. The molecule has 0 aromatic carbocycles. The molecule has 1 unspecified atom stereocenters. The van der Waals surface area contributed by atoms with Gasteiger partial charge in [0.1, 0.15) is 5.78 Å². The maximum Gasteiger partial charge on any atom is 0.143 e. The van der Waals surface area contributed by atoms with E-state index in [0.29, 0.717) is 11.7 Å². The zero-order valence-electron chi connectivity index (χ0n) is 8.26. The minimum atomic E-state index is 0.149. The lowest BCUT2D eigenvalue weighted by atomic mass is 9.73. The molecule has 0 aromatic rings. The van der Waals surface area contributed by atoms with Crippen LogP contribution < -0.4 is 0 Å². The Kier molecular flexibility index (Phi) is 2.71. The second-order valence-electron chi connectivity index (χ2n) is 4.14. The van der Waals surface area contributed by atoms with Crippen molar-refractivity contribution in [3.8, 4) is 0 Å². The van der Waals surface area contributed by atoms with Crippen molar-refractivity contribution in [1.82, 2.24) is 0 Å². The number of allylic oxidation sites excluding steroid dienone is 1. The molecule has 0 bridgehead atoms. The standard InChI is InChI=1S/C11H18O/c1-7(2)10-6-5-8(3)9(4)11(10)12/h8-10H,1,5-6H2,2-4H3/t8-,9?,10+/m1/s1. The van der Waals surface area contributed by atoms with Crippen LogP contribution >= 0.6 is 0 Å². The third-order valence-electron chi connectivity index (χ3n) is 3.15. The van der Waals surface area contributed by atoms with E-state index in [9.17, 15) is 4.79 Å². The molecule has 1 fully saturated rings. The first-order chi connectivity index (χ1) is 5.54. The molecule has 1 heteroatoms. The van der Waals surface area contributed by atoms with Crippen LogP contribution in [0.2, 0.25) is 0 Å². The molecule has 1 aliphatic carbocycles. The average molecular weight is 166 g/mol. The van der Waals surface area contributed by atoms with E-state index < -0.39 is 0 Å². The smallest absolute Gasteiger partial charge is 0.143 e. The fraction of sp³-hybridized carbons (Fsp3) is 0.727. The third-order valence-corrected chi connectivity index (χ3v) is 3.15. The molecular formula is C11H18O. The molecule has 1 saturated carbocycles. The highest BCUT2D eigenvalue weighted by Gasteiger charge is 2.32. The van der Waals surface area contributed by atoms with Crippen LogP contribution in [-0.2, 0) is 4.79 Å². The van der Waals surface area contributed by atoms with E-state index in [4.69, 9.17) is 0 Å². The van der Waals surface area contributed by atoms with Crippen LogP contribution in [0.5, 0.6) is 0 Å². The van der Waals surface area contributed by atoms with Crippen molar-refractivity contribution >= 4 is 5.78 Å². The Morgan fingerprint density at radius 2 is 2.00 bits per heavy atom. The van der Waals surface area contributed by atoms with E-state index in [1.807, 2.05) is 13.8 Å². The third kappa shape index (κ3) is 1.60. The molecule has 1 rings (SSSR count). The normalized spacial score (nSPS) is 36.6. The summed E-state index contributed by atoms with van der Waals surface area (Å²) in [5.74, 6) is 1.35. The Morgan fingerprint density at radius 3 is 2.50 bits per heavy atom. The number of carbonyl (C=O) groups is 1. The van der Waals surface area contributed by atoms with Crippen molar-refractivity contribution in [3.05, 3.63) is 12.2 Å². The predicted molar refractivity (Wildman–Crippen MR) is 50.9 cm³/mol. The van der Waals surface area contributed by atoms with Crippen LogP contribution in [0.15, 0.2) is 12.2 Å². The first-order valence-corrected chi connectivity index (χ1v) is 4.73. The van der Waals surface area contributed by atoms with E-state index in [1.54, 1.807) is 0 Å². The van der Waals surface area contributed by atoms with Gasteiger partial charge in [-0.25, -0.2) is 0 Å². The Labute approximate surface area is 74.9 Å². The summed E-state index contributed by atoms with van der Waals surface area (Å²) in [6, 6.07) is 0. The van der Waals surface area contributed by atoms with Crippen LogP contribution in [0.25, 0.3) is 0 Å². The van der Waals surface area contributed by atoms with Gasteiger partial charge in [0.15, 0.2) is 0 Å². The van der Waals surface area contributed by atoms with Crippen LogP contribution in [0.1, 0.15) is 33.6 Å². The van der Waals surface area contributed by atoms with Crippen molar-refractivity contribution < 1.29 is 4.79 Å². The van der Waals surface area contributed by atoms with Crippen LogP contribution in [-0.4, -0.2) is 5.78 Å². The Bertz CT molecular complexity index is 205. The summed E-state index contributed by atoms with van der Waals surface area (Å²) >= 11 is 0. The first kappa shape index (κ1) is 9.50. The second kappa shape index (κ2) is 3.42. The molecule has 1 nitrogen and oxygen atoms in total. The van der Waals surface area contributed by atoms with Gasteiger partial charge in [-0.3, -0.25) is 4.79 Å². The van der Waals surface area contributed by atoms with Gasteiger partial charge in [0.05, 0.1) is 0 Å². The lowest BCUT2D eigenvalue weighted by Gasteiger charge is -2.30. The fourth-order valence-corrected chi connectivity index (χ4v) is 1.91. The monoisotopic (exact) mass is 166 g/mol. The van der Waals surface area contributed by atoms with Crippen LogP contribution in [0.4, 0.5) is 0 Å². The van der Waals surface area contributed by atoms with Gasteiger partial charge < -0.3 is 0 Å². The summed E-state index contributed by atoms with van der Waals surface area (Å²) in [4.78, 5) is 11.7. The summed E-state index contributed by atoms with van der Waals surface area (Å²) in [7, 11) is 0. The van der Waals surface area contributed by atoms with E-state index in [0.717, 1.165) is 12.0 Å². The highest BCUT2D eigenvalue weighted by molar-refractivity contribution is 5.86. The summed E-state index contributed by atoms with van der Waals surface area (Å²) in [5.41, 5.74) is 1.04.